The van der Waals surface area contributed by atoms with Crippen LogP contribution >= 0.6 is 15.9 Å². The summed E-state index contributed by atoms with van der Waals surface area (Å²) >= 11 is 3.37. The number of anilines is 2. The van der Waals surface area contributed by atoms with E-state index >= 15 is 0 Å². The van der Waals surface area contributed by atoms with E-state index in [1.807, 2.05) is 24.3 Å². The molecule has 0 atom stereocenters. The summed E-state index contributed by atoms with van der Waals surface area (Å²) in [6, 6.07) is 18.1. The molecule has 3 aromatic rings. The maximum atomic E-state index is 9.41. The predicted molar refractivity (Wildman–Crippen MR) is 98.0 cm³/mol. The second kappa shape index (κ2) is 7.55. The number of nitrogens with zero attached hydrogens (tertiary/aromatic N) is 4. The summed E-state index contributed by atoms with van der Waals surface area (Å²) in [5.74, 6) is 0.362. The molecule has 122 valence electrons. The van der Waals surface area contributed by atoms with E-state index in [1.165, 1.54) is 0 Å². The standard InChI is InChI=1S/C18H12BrN5O/c19-14-5-3-13(4-6-14)17(24-25)16-9-10-21-18(23-16)22-15-7-1-12(11-20)2-8-15/h1-10,25H,(H,21,22,23)/b24-17-. The molecule has 0 saturated heterocycles. The van der Waals surface area contributed by atoms with Gasteiger partial charge in [0, 0.05) is 21.9 Å². The van der Waals surface area contributed by atoms with E-state index in [2.05, 4.69) is 42.4 Å². The molecule has 1 aromatic heterocycles. The van der Waals surface area contributed by atoms with Gasteiger partial charge in [0.25, 0.3) is 0 Å². The van der Waals surface area contributed by atoms with E-state index in [0.717, 1.165) is 15.7 Å². The van der Waals surface area contributed by atoms with Crippen LogP contribution in [-0.2, 0) is 0 Å². The molecule has 0 aliphatic heterocycles. The van der Waals surface area contributed by atoms with Crippen LogP contribution in [0.1, 0.15) is 16.8 Å². The molecule has 0 fully saturated rings. The molecule has 25 heavy (non-hydrogen) atoms. The van der Waals surface area contributed by atoms with Gasteiger partial charge in [-0.2, -0.15) is 5.26 Å². The minimum absolute atomic E-state index is 0.345. The van der Waals surface area contributed by atoms with Gasteiger partial charge >= 0.3 is 0 Å². The predicted octanol–water partition coefficient (Wildman–Crippen LogP) is 4.08. The smallest absolute Gasteiger partial charge is 0.227 e. The number of halogens is 1. The largest absolute Gasteiger partial charge is 0.410 e. The summed E-state index contributed by atoms with van der Waals surface area (Å²) in [6.45, 7) is 0. The first-order valence-electron chi connectivity index (χ1n) is 7.28. The molecular weight excluding hydrogens is 382 g/mol. The Labute approximate surface area is 152 Å². The molecular formula is C18H12BrN5O. The lowest BCUT2D eigenvalue weighted by Crippen LogP contribution is -2.08. The number of nitriles is 1. The number of oxime groups is 1. The lowest BCUT2D eigenvalue weighted by atomic mass is 10.1. The molecule has 0 aliphatic rings. The van der Waals surface area contributed by atoms with Gasteiger partial charge in [0.05, 0.1) is 17.3 Å². The zero-order valence-electron chi connectivity index (χ0n) is 12.9. The summed E-state index contributed by atoms with van der Waals surface area (Å²) in [4.78, 5) is 8.56. The van der Waals surface area contributed by atoms with E-state index in [-0.39, 0.29) is 0 Å². The maximum Gasteiger partial charge on any atom is 0.227 e. The normalized spacial score (nSPS) is 11.0. The van der Waals surface area contributed by atoms with Crippen molar-refractivity contribution in [2.45, 2.75) is 0 Å². The van der Waals surface area contributed by atoms with Gasteiger partial charge in [-0.3, -0.25) is 0 Å². The molecule has 0 radical (unpaired) electrons. The van der Waals surface area contributed by atoms with Gasteiger partial charge in [-0.1, -0.05) is 33.2 Å². The summed E-state index contributed by atoms with van der Waals surface area (Å²) in [5, 5.41) is 24.7. The lowest BCUT2D eigenvalue weighted by molar-refractivity contribution is 0.319. The first-order chi connectivity index (χ1) is 12.2. The van der Waals surface area contributed by atoms with Crippen LogP contribution in [0.2, 0.25) is 0 Å². The maximum absolute atomic E-state index is 9.41. The first-order valence-corrected chi connectivity index (χ1v) is 8.07. The van der Waals surface area contributed by atoms with Crippen LogP contribution in [0.5, 0.6) is 0 Å². The molecule has 6 nitrogen and oxygen atoms in total. The van der Waals surface area contributed by atoms with Gasteiger partial charge in [-0.25, -0.2) is 9.97 Å². The number of benzene rings is 2. The average molecular weight is 394 g/mol. The highest BCUT2D eigenvalue weighted by atomic mass is 79.9. The molecule has 3 rings (SSSR count). The number of hydrogen-bond donors (Lipinski definition) is 2. The highest BCUT2D eigenvalue weighted by Gasteiger charge is 2.11. The van der Waals surface area contributed by atoms with Gasteiger partial charge in [0.15, 0.2) is 0 Å². The van der Waals surface area contributed by atoms with E-state index in [1.54, 1.807) is 36.5 Å². The number of hydrogen-bond acceptors (Lipinski definition) is 6. The van der Waals surface area contributed by atoms with Crippen molar-refractivity contribution in [3.63, 3.8) is 0 Å². The third-order valence-electron chi connectivity index (χ3n) is 3.39. The quantitative estimate of drug-likeness (QED) is 0.395. The molecule has 0 bridgehead atoms. The van der Waals surface area contributed by atoms with E-state index < -0.39 is 0 Å². The number of rotatable bonds is 4. The van der Waals surface area contributed by atoms with E-state index in [4.69, 9.17) is 5.26 Å². The molecule has 0 spiro atoms. The summed E-state index contributed by atoms with van der Waals surface area (Å²) in [5.41, 5.74) is 2.88. The summed E-state index contributed by atoms with van der Waals surface area (Å²) in [7, 11) is 0. The van der Waals surface area contributed by atoms with Crippen molar-refractivity contribution in [1.82, 2.24) is 9.97 Å². The monoisotopic (exact) mass is 393 g/mol. The van der Waals surface area contributed by atoms with E-state index in [9.17, 15) is 5.21 Å². The minimum atomic E-state index is 0.345. The van der Waals surface area contributed by atoms with Gasteiger partial charge in [-0.15, -0.1) is 0 Å². The second-order valence-electron chi connectivity index (χ2n) is 5.04. The van der Waals surface area contributed by atoms with Crippen LogP contribution < -0.4 is 5.32 Å². The third kappa shape index (κ3) is 4.00. The van der Waals surface area contributed by atoms with Crippen LogP contribution in [0.15, 0.2) is 70.4 Å². The molecule has 0 unspecified atom stereocenters. The van der Waals surface area contributed by atoms with Crippen LogP contribution in [0.25, 0.3) is 0 Å². The third-order valence-corrected chi connectivity index (χ3v) is 3.91. The van der Waals surface area contributed by atoms with Crippen molar-refractivity contribution >= 4 is 33.3 Å². The van der Waals surface area contributed by atoms with Crippen molar-refractivity contribution in [3.05, 3.63) is 82.1 Å². The number of nitrogens with one attached hydrogen (secondary N) is 1. The minimum Gasteiger partial charge on any atom is -0.410 e. The fraction of sp³-hybridized carbons (Fsp3) is 0. The Hall–Kier alpha value is -3.24. The Morgan fingerprint density at radius 2 is 1.80 bits per heavy atom. The highest BCUT2D eigenvalue weighted by Crippen LogP contribution is 2.17. The Morgan fingerprint density at radius 3 is 2.44 bits per heavy atom. The first kappa shape index (κ1) is 16.6. The Kier molecular flexibility index (Phi) is 5.02. The molecule has 2 N–H and O–H groups in total. The molecule has 7 heteroatoms. The topological polar surface area (TPSA) is 94.2 Å². The van der Waals surface area contributed by atoms with Gasteiger partial charge in [0.2, 0.25) is 5.95 Å². The van der Waals surface area contributed by atoms with Gasteiger partial charge in [-0.05, 0) is 42.5 Å². The van der Waals surface area contributed by atoms with Crippen LogP contribution in [0.4, 0.5) is 11.6 Å². The molecule has 0 aliphatic carbocycles. The molecule has 0 saturated carbocycles. The lowest BCUT2D eigenvalue weighted by Gasteiger charge is -2.08. The van der Waals surface area contributed by atoms with Crippen LogP contribution in [0.3, 0.4) is 0 Å². The fourth-order valence-corrected chi connectivity index (χ4v) is 2.44. The Balaban J connectivity index is 1.87. The van der Waals surface area contributed by atoms with Crippen molar-refractivity contribution in [2.24, 2.45) is 5.16 Å². The molecule has 0 amide bonds. The van der Waals surface area contributed by atoms with Crippen molar-refractivity contribution < 1.29 is 5.21 Å². The second-order valence-corrected chi connectivity index (χ2v) is 5.95. The van der Waals surface area contributed by atoms with Gasteiger partial charge < -0.3 is 10.5 Å². The van der Waals surface area contributed by atoms with Crippen LogP contribution in [-0.4, -0.2) is 20.9 Å². The van der Waals surface area contributed by atoms with Crippen molar-refractivity contribution in [1.29, 1.82) is 5.26 Å². The fourth-order valence-electron chi connectivity index (χ4n) is 2.17. The SMILES string of the molecule is N#Cc1ccc(Nc2nccc(/C(=N\O)c3ccc(Br)cc3)n2)cc1. The average Bonchev–Trinajstić information content (AvgIpc) is 2.65. The van der Waals surface area contributed by atoms with Crippen molar-refractivity contribution in [2.75, 3.05) is 5.32 Å². The summed E-state index contributed by atoms with van der Waals surface area (Å²) in [6.07, 6.45) is 1.58. The highest BCUT2D eigenvalue weighted by molar-refractivity contribution is 9.10. The summed E-state index contributed by atoms with van der Waals surface area (Å²) < 4.78 is 0.930. The van der Waals surface area contributed by atoms with Crippen molar-refractivity contribution in [3.8, 4) is 6.07 Å². The zero-order valence-corrected chi connectivity index (χ0v) is 14.5. The van der Waals surface area contributed by atoms with Gasteiger partial charge in [0.1, 0.15) is 5.71 Å². The molecule has 1 heterocycles. The number of aromatic nitrogens is 2. The Bertz CT molecular complexity index is 946. The van der Waals surface area contributed by atoms with E-state index in [0.29, 0.717) is 22.9 Å². The Morgan fingerprint density at radius 1 is 1.08 bits per heavy atom. The molecule has 2 aromatic carbocycles. The zero-order chi connectivity index (χ0) is 17.6. The van der Waals surface area contributed by atoms with Crippen LogP contribution in [0, 0.1) is 11.3 Å².